The van der Waals surface area contributed by atoms with Crippen molar-refractivity contribution in [3.05, 3.63) is 58.1 Å². The molecule has 0 radical (unpaired) electrons. The summed E-state index contributed by atoms with van der Waals surface area (Å²) in [6.07, 6.45) is 4.05. The fourth-order valence-corrected chi connectivity index (χ4v) is 3.78. The molecular formula is C24H31N5O5. The molecule has 2 aromatic carbocycles. The van der Waals surface area contributed by atoms with Crippen LogP contribution in [0.3, 0.4) is 0 Å². The number of urea groups is 1. The molecule has 0 aliphatic carbocycles. The number of amides is 3. The quantitative estimate of drug-likeness (QED) is 0.269. The van der Waals surface area contributed by atoms with E-state index in [1.165, 1.54) is 30.7 Å². The van der Waals surface area contributed by atoms with Crippen LogP contribution in [0.25, 0.3) is 0 Å². The number of carbonyl (C=O) groups is 2. The third-order valence-electron chi connectivity index (χ3n) is 5.49. The maximum atomic E-state index is 13.0. The predicted octanol–water partition coefficient (Wildman–Crippen LogP) is 4.39. The van der Waals surface area contributed by atoms with Crippen LogP contribution in [0.2, 0.25) is 0 Å². The average Bonchev–Trinajstić information content (AvgIpc) is 2.84. The molecule has 182 valence electrons. The van der Waals surface area contributed by atoms with Crippen LogP contribution in [0.5, 0.6) is 0 Å². The van der Waals surface area contributed by atoms with Crippen molar-refractivity contribution in [3.8, 4) is 0 Å². The molecule has 1 fully saturated rings. The second-order valence-corrected chi connectivity index (χ2v) is 7.97. The maximum absolute atomic E-state index is 13.0. The summed E-state index contributed by atoms with van der Waals surface area (Å²) in [5.41, 5.74) is 2.19. The third kappa shape index (κ3) is 7.17. The van der Waals surface area contributed by atoms with Gasteiger partial charge in [0.1, 0.15) is 0 Å². The zero-order chi connectivity index (χ0) is 24.3. The lowest BCUT2D eigenvalue weighted by molar-refractivity contribution is -0.384. The van der Waals surface area contributed by atoms with Gasteiger partial charge in [0.25, 0.3) is 11.6 Å². The monoisotopic (exact) mass is 469 g/mol. The molecule has 3 N–H and O–H groups in total. The van der Waals surface area contributed by atoms with Crippen LogP contribution >= 0.6 is 0 Å². The van der Waals surface area contributed by atoms with E-state index in [1.54, 1.807) is 12.1 Å². The molecule has 0 unspecified atom stereocenters. The zero-order valence-corrected chi connectivity index (χ0v) is 19.3. The van der Waals surface area contributed by atoms with Crippen LogP contribution in [0.15, 0.2) is 42.5 Å². The molecule has 0 spiro atoms. The highest BCUT2D eigenvalue weighted by atomic mass is 16.6. The number of carbonyl (C=O) groups excluding carboxylic acids is 2. The SMILES string of the molecule is CCOCCCNC(=O)c1cc(NC(=O)Nc2ccc([N+](=O)[O-])cc2)ccc1N1CCCCC1. The molecule has 3 rings (SSSR count). The first-order valence-corrected chi connectivity index (χ1v) is 11.6. The smallest absolute Gasteiger partial charge is 0.323 e. The largest absolute Gasteiger partial charge is 0.382 e. The molecule has 0 saturated carbocycles. The summed E-state index contributed by atoms with van der Waals surface area (Å²) in [6.45, 7) is 5.43. The van der Waals surface area contributed by atoms with E-state index < -0.39 is 11.0 Å². The predicted molar refractivity (Wildman–Crippen MR) is 132 cm³/mol. The second kappa shape index (κ2) is 12.5. The maximum Gasteiger partial charge on any atom is 0.323 e. The molecule has 10 heteroatoms. The molecule has 1 saturated heterocycles. The number of non-ortho nitro benzene ring substituents is 1. The highest BCUT2D eigenvalue weighted by Crippen LogP contribution is 2.27. The van der Waals surface area contributed by atoms with Gasteiger partial charge in [-0.25, -0.2) is 4.79 Å². The summed E-state index contributed by atoms with van der Waals surface area (Å²) >= 11 is 0. The van der Waals surface area contributed by atoms with Gasteiger partial charge in [0.15, 0.2) is 0 Å². The molecule has 2 aromatic rings. The summed E-state index contributed by atoms with van der Waals surface area (Å²) in [5.74, 6) is -0.198. The van der Waals surface area contributed by atoms with Gasteiger partial charge in [0.05, 0.1) is 10.5 Å². The van der Waals surface area contributed by atoms with Crippen molar-refractivity contribution in [2.24, 2.45) is 0 Å². The Bertz CT molecular complexity index is 990. The van der Waals surface area contributed by atoms with E-state index >= 15 is 0 Å². The third-order valence-corrected chi connectivity index (χ3v) is 5.49. The van der Waals surface area contributed by atoms with E-state index in [2.05, 4.69) is 20.9 Å². The highest BCUT2D eigenvalue weighted by Gasteiger charge is 2.19. The fraction of sp³-hybridized carbons (Fsp3) is 0.417. The van der Waals surface area contributed by atoms with E-state index in [9.17, 15) is 19.7 Å². The zero-order valence-electron chi connectivity index (χ0n) is 19.3. The van der Waals surface area contributed by atoms with Crippen molar-refractivity contribution in [1.29, 1.82) is 0 Å². The van der Waals surface area contributed by atoms with Crippen LogP contribution in [-0.2, 0) is 4.74 Å². The Labute approximate surface area is 198 Å². The van der Waals surface area contributed by atoms with Gasteiger partial charge in [-0.3, -0.25) is 14.9 Å². The number of nitro benzene ring substituents is 1. The van der Waals surface area contributed by atoms with Gasteiger partial charge in [-0.1, -0.05) is 0 Å². The van der Waals surface area contributed by atoms with Gasteiger partial charge in [-0.15, -0.1) is 0 Å². The van der Waals surface area contributed by atoms with Crippen LogP contribution < -0.4 is 20.9 Å². The standard InChI is InChI=1S/C24H31N5O5/c1-2-34-16-6-13-25-23(30)21-17-19(9-12-22(21)28-14-4-3-5-15-28)27-24(31)26-18-7-10-20(11-8-18)29(32)33/h7-12,17H,2-6,13-16H2,1H3,(H,25,30)(H2,26,27,31). The highest BCUT2D eigenvalue weighted by molar-refractivity contribution is 6.04. The molecular weight excluding hydrogens is 438 g/mol. The van der Waals surface area contributed by atoms with Crippen molar-refractivity contribution in [2.45, 2.75) is 32.6 Å². The number of hydrogen-bond acceptors (Lipinski definition) is 6. The van der Waals surface area contributed by atoms with E-state index in [1.807, 2.05) is 13.0 Å². The van der Waals surface area contributed by atoms with Crippen molar-refractivity contribution < 1.29 is 19.2 Å². The van der Waals surface area contributed by atoms with Gasteiger partial charge in [0, 0.05) is 62.0 Å². The first-order valence-electron chi connectivity index (χ1n) is 11.6. The molecule has 1 aliphatic rings. The van der Waals surface area contributed by atoms with Crippen molar-refractivity contribution in [1.82, 2.24) is 5.32 Å². The Kier molecular flexibility index (Phi) is 9.21. The Morgan fingerprint density at radius 3 is 2.38 bits per heavy atom. The summed E-state index contributed by atoms with van der Waals surface area (Å²) < 4.78 is 5.32. The van der Waals surface area contributed by atoms with E-state index in [4.69, 9.17) is 4.74 Å². The number of anilines is 3. The van der Waals surface area contributed by atoms with E-state index in [0.717, 1.165) is 31.6 Å². The summed E-state index contributed by atoms with van der Waals surface area (Å²) in [7, 11) is 0. The van der Waals surface area contributed by atoms with Gasteiger partial charge in [-0.05, 0) is 62.9 Å². The Morgan fingerprint density at radius 2 is 1.71 bits per heavy atom. The van der Waals surface area contributed by atoms with Gasteiger partial charge in [0.2, 0.25) is 0 Å². The average molecular weight is 470 g/mol. The molecule has 1 heterocycles. The minimum atomic E-state index is -0.511. The van der Waals surface area contributed by atoms with Crippen molar-refractivity contribution in [2.75, 3.05) is 48.4 Å². The lowest BCUT2D eigenvalue weighted by Gasteiger charge is -2.30. The van der Waals surface area contributed by atoms with E-state index in [0.29, 0.717) is 43.1 Å². The molecule has 3 amide bonds. The van der Waals surface area contributed by atoms with Crippen LogP contribution in [0.1, 0.15) is 43.0 Å². The molecule has 1 aliphatic heterocycles. The van der Waals surface area contributed by atoms with Crippen LogP contribution in [0.4, 0.5) is 27.5 Å². The van der Waals surface area contributed by atoms with Crippen LogP contribution in [0, 0.1) is 10.1 Å². The number of nitro groups is 1. The second-order valence-electron chi connectivity index (χ2n) is 7.97. The number of rotatable bonds is 10. The summed E-state index contributed by atoms with van der Waals surface area (Å²) in [6, 6.07) is 10.3. The minimum absolute atomic E-state index is 0.0591. The lowest BCUT2D eigenvalue weighted by atomic mass is 10.1. The number of hydrogen-bond donors (Lipinski definition) is 3. The Morgan fingerprint density at radius 1 is 1.03 bits per heavy atom. The topological polar surface area (TPSA) is 126 Å². The van der Waals surface area contributed by atoms with Crippen molar-refractivity contribution >= 4 is 34.7 Å². The fourth-order valence-electron chi connectivity index (χ4n) is 3.78. The molecule has 0 bridgehead atoms. The van der Waals surface area contributed by atoms with Crippen LogP contribution in [-0.4, -0.2) is 49.7 Å². The molecule has 0 aromatic heterocycles. The van der Waals surface area contributed by atoms with Gasteiger partial charge >= 0.3 is 6.03 Å². The molecule has 10 nitrogen and oxygen atoms in total. The Hall–Kier alpha value is -3.66. The first-order chi connectivity index (χ1) is 16.5. The molecule has 34 heavy (non-hydrogen) atoms. The minimum Gasteiger partial charge on any atom is -0.382 e. The normalized spacial score (nSPS) is 13.3. The number of nitrogens with one attached hydrogen (secondary N) is 3. The number of piperidine rings is 1. The number of benzene rings is 2. The number of nitrogens with zero attached hydrogens (tertiary/aromatic N) is 2. The van der Waals surface area contributed by atoms with Gasteiger partial charge < -0.3 is 25.6 Å². The van der Waals surface area contributed by atoms with E-state index in [-0.39, 0.29) is 11.6 Å². The number of ether oxygens (including phenoxy) is 1. The summed E-state index contributed by atoms with van der Waals surface area (Å²) in [5, 5.41) is 19.1. The summed E-state index contributed by atoms with van der Waals surface area (Å²) in [4.78, 5) is 37.9. The molecule has 0 atom stereocenters. The lowest BCUT2D eigenvalue weighted by Crippen LogP contribution is -2.33. The van der Waals surface area contributed by atoms with Crippen molar-refractivity contribution in [3.63, 3.8) is 0 Å². The first kappa shape index (κ1) is 25.0. The van der Waals surface area contributed by atoms with Gasteiger partial charge in [-0.2, -0.15) is 0 Å². The Balaban J connectivity index is 1.70.